The fourth-order valence-electron chi connectivity index (χ4n) is 2.22. The molecule has 0 unspecified atom stereocenters. The van der Waals surface area contributed by atoms with Crippen LogP contribution in [0.2, 0.25) is 0 Å². The maximum Gasteiger partial charge on any atom is 0.0546 e. The van der Waals surface area contributed by atoms with Crippen molar-refractivity contribution >= 4 is 24.2 Å². The van der Waals surface area contributed by atoms with Crippen LogP contribution in [-0.4, -0.2) is 31.3 Å². The summed E-state index contributed by atoms with van der Waals surface area (Å²) in [7, 11) is 4.27. The third kappa shape index (κ3) is 6.13. The third-order valence-corrected chi connectivity index (χ3v) is 4.64. The monoisotopic (exact) mass is 321 g/mol. The van der Waals surface area contributed by atoms with E-state index >= 15 is 0 Å². The van der Waals surface area contributed by atoms with E-state index in [0.717, 1.165) is 6.54 Å². The van der Waals surface area contributed by atoms with Gasteiger partial charge in [-0.25, -0.2) is 0 Å². The van der Waals surface area contributed by atoms with Gasteiger partial charge in [0.2, 0.25) is 0 Å². The second-order valence-corrected chi connectivity index (χ2v) is 6.44. The molecule has 0 bridgehead atoms. The van der Waals surface area contributed by atoms with Crippen LogP contribution in [0, 0.1) is 0 Å². The van der Waals surface area contributed by atoms with Gasteiger partial charge in [0, 0.05) is 0 Å². The zero-order valence-electron chi connectivity index (χ0n) is 12.7. The summed E-state index contributed by atoms with van der Waals surface area (Å²) >= 11 is 2.04. The molecule has 0 N–H and O–H groups in total. The first-order valence-corrected chi connectivity index (χ1v) is 8.18. The van der Waals surface area contributed by atoms with Crippen molar-refractivity contribution in [2.75, 3.05) is 26.4 Å². The summed E-state index contributed by atoms with van der Waals surface area (Å²) < 4.78 is 0. The highest BCUT2D eigenvalue weighted by Gasteiger charge is 2.13. The molecule has 0 saturated heterocycles. The van der Waals surface area contributed by atoms with E-state index in [1.807, 2.05) is 11.8 Å². The molecule has 0 radical (unpaired) electrons. The third-order valence-electron chi connectivity index (χ3n) is 3.24. The minimum absolute atomic E-state index is 0. The number of thioether (sulfide) groups is 1. The molecule has 0 aliphatic rings. The Bertz CT molecular complexity index is 448. The second-order valence-electron chi connectivity index (χ2n) is 5.23. The fraction of sp³-hybridized carbons (Fsp3) is 0.333. The average Bonchev–Trinajstić information content (AvgIpc) is 2.49. The first-order chi connectivity index (χ1) is 9.77. The quantitative estimate of drug-likeness (QED) is 0.668. The first-order valence-electron chi connectivity index (χ1n) is 7.13. The van der Waals surface area contributed by atoms with Crippen molar-refractivity contribution in [3.8, 4) is 0 Å². The van der Waals surface area contributed by atoms with E-state index in [0.29, 0.717) is 5.25 Å². The molecule has 114 valence electrons. The minimum atomic E-state index is 0. The van der Waals surface area contributed by atoms with Crippen LogP contribution in [0.15, 0.2) is 60.7 Å². The Kier molecular flexibility index (Phi) is 8.51. The van der Waals surface area contributed by atoms with Crippen LogP contribution in [0.25, 0.3) is 0 Å². The Morgan fingerprint density at radius 1 is 0.857 bits per heavy atom. The Hall–Kier alpha value is -0.960. The lowest BCUT2D eigenvalue weighted by Gasteiger charge is -2.18. The van der Waals surface area contributed by atoms with Gasteiger partial charge in [-0.05, 0) is 43.9 Å². The summed E-state index contributed by atoms with van der Waals surface area (Å²) in [5, 5.41) is 0.444. The lowest BCUT2D eigenvalue weighted by molar-refractivity contribution is 0.410. The maximum atomic E-state index is 2.25. The molecule has 0 aliphatic carbocycles. The summed E-state index contributed by atoms with van der Waals surface area (Å²) in [6.07, 6.45) is 1.23. The number of hydrogen-bond donors (Lipinski definition) is 0. The van der Waals surface area contributed by atoms with Gasteiger partial charge in [-0.2, -0.15) is 0 Å². The zero-order valence-corrected chi connectivity index (χ0v) is 14.4. The molecule has 0 atom stereocenters. The summed E-state index contributed by atoms with van der Waals surface area (Å²) in [6.45, 7) is 1.16. The maximum absolute atomic E-state index is 2.25. The predicted molar refractivity (Wildman–Crippen MR) is 97.6 cm³/mol. The molecule has 0 amide bonds. The number of hydrogen-bond acceptors (Lipinski definition) is 2. The average molecular weight is 322 g/mol. The highest BCUT2D eigenvalue weighted by atomic mass is 35.5. The van der Waals surface area contributed by atoms with E-state index in [-0.39, 0.29) is 12.4 Å². The summed E-state index contributed by atoms with van der Waals surface area (Å²) in [6, 6.07) is 21.6. The molecule has 21 heavy (non-hydrogen) atoms. The highest BCUT2D eigenvalue weighted by Crippen LogP contribution is 2.35. The van der Waals surface area contributed by atoms with Crippen LogP contribution in [0.4, 0.5) is 0 Å². The van der Waals surface area contributed by atoms with Gasteiger partial charge in [0.15, 0.2) is 0 Å². The smallest absolute Gasteiger partial charge is 0.0546 e. The lowest BCUT2D eigenvalue weighted by atomic mass is 10.0. The van der Waals surface area contributed by atoms with Crippen LogP contribution in [0.3, 0.4) is 0 Å². The van der Waals surface area contributed by atoms with E-state index in [4.69, 9.17) is 0 Å². The van der Waals surface area contributed by atoms with Crippen LogP contribution < -0.4 is 0 Å². The number of halogens is 1. The molecule has 2 aromatic carbocycles. The van der Waals surface area contributed by atoms with Crippen molar-refractivity contribution in [3.63, 3.8) is 0 Å². The largest absolute Gasteiger partial charge is 0.309 e. The van der Waals surface area contributed by atoms with E-state index < -0.39 is 0 Å². The number of rotatable bonds is 7. The van der Waals surface area contributed by atoms with Crippen molar-refractivity contribution in [2.24, 2.45) is 0 Å². The molecule has 2 aromatic rings. The van der Waals surface area contributed by atoms with E-state index in [9.17, 15) is 0 Å². The molecule has 0 aliphatic heterocycles. The summed E-state index contributed by atoms with van der Waals surface area (Å²) in [5.41, 5.74) is 2.79. The Labute approximate surface area is 139 Å². The molecule has 0 spiro atoms. The van der Waals surface area contributed by atoms with Gasteiger partial charge in [0.25, 0.3) is 0 Å². The molecule has 0 saturated carbocycles. The van der Waals surface area contributed by atoms with E-state index in [1.165, 1.54) is 23.3 Å². The fourth-order valence-corrected chi connectivity index (χ4v) is 3.45. The van der Waals surface area contributed by atoms with Crippen molar-refractivity contribution in [1.29, 1.82) is 0 Å². The van der Waals surface area contributed by atoms with Gasteiger partial charge in [-0.15, -0.1) is 24.2 Å². The van der Waals surface area contributed by atoms with Crippen LogP contribution in [0.1, 0.15) is 22.8 Å². The Balaban J connectivity index is 0.00000220. The highest BCUT2D eigenvalue weighted by molar-refractivity contribution is 7.99. The van der Waals surface area contributed by atoms with Gasteiger partial charge in [-0.1, -0.05) is 60.7 Å². The topological polar surface area (TPSA) is 3.24 Å². The number of benzene rings is 2. The van der Waals surface area contributed by atoms with Crippen molar-refractivity contribution in [2.45, 2.75) is 11.7 Å². The molecule has 1 nitrogen and oxygen atoms in total. The minimum Gasteiger partial charge on any atom is -0.309 e. The van der Waals surface area contributed by atoms with Crippen LogP contribution in [-0.2, 0) is 0 Å². The Morgan fingerprint density at radius 3 is 1.76 bits per heavy atom. The van der Waals surface area contributed by atoms with E-state index in [2.05, 4.69) is 79.7 Å². The second kappa shape index (κ2) is 9.88. The van der Waals surface area contributed by atoms with Crippen molar-refractivity contribution < 1.29 is 0 Å². The van der Waals surface area contributed by atoms with Crippen molar-refractivity contribution in [1.82, 2.24) is 4.90 Å². The van der Waals surface area contributed by atoms with Gasteiger partial charge < -0.3 is 4.90 Å². The molecular formula is C18H24ClNS. The normalized spacial score (nSPS) is 10.7. The first kappa shape index (κ1) is 18.1. The van der Waals surface area contributed by atoms with Gasteiger partial charge in [0.05, 0.1) is 5.25 Å². The predicted octanol–water partition coefficient (Wildman–Crippen LogP) is 4.88. The van der Waals surface area contributed by atoms with Gasteiger partial charge in [0.1, 0.15) is 0 Å². The van der Waals surface area contributed by atoms with Crippen molar-refractivity contribution in [3.05, 3.63) is 71.8 Å². The molecule has 0 fully saturated rings. The summed E-state index contributed by atoms with van der Waals surface area (Å²) in [4.78, 5) is 2.25. The van der Waals surface area contributed by atoms with Gasteiger partial charge in [-0.3, -0.25) is 0 Å². The number of nitrogens with zero attached hydrogens (tertiary/aromatic N) is 1. The SMILES string of the molecule is CN(C)CCCSC(c1ccccc1)c1ccccc1.Cl. The molecule has 3 heteroatoms. The van der Waals surface area contributed by atoms with E-state index in [1.54, 1.807) is 0 Å². The summed E-state index contributed by atoms with van der Waals surface area (Å²) in [5.74, 6) is 1.19. The van der Waals surface area contributed by atoms with Gasteiger partial charge >= 0.3 is 0 Å². The lowest BCUT2D eigenvalue weighted by Crippen LogP contribution is -2.13. The molecular weight excluding hydrogens is 298 g/mol. The van der Waals surface area contributed by atoms with Crippen LogP contribution >= 0.6 is 24.2 Å². The molecule has 0 heterocycles. The molecule has 0 aromatic heterocycles. The zero-order chi connectivity index (χ0) is 14.2. The standard InChI is InChI=1S/C18H23NS.ClH/c1-19(2)14-9-15-20-18(16-10-5-3-6-11-16)17-12-7-4-8-13-17;/h3-8,10-13,18H,9,14-15H2,1-2H3;1H. The Morgan fingerprint density at radius 2 is 1.33 bits per heavy atom. The van der Waals surface area contributed by atoms with Crippen LogP contribution in [0.5, 0.6) is 0 Å². The molecule has 2 rings (SSSR count).